The maximum Gasteiger partial charge on any atom is 0.246 e. The third kappa shape index (κ3) is 5.42. The molecule has 0 saturated heterocycles. The molecule has 0 aliphatic carbocycles. The summed E-state index contributed by atoms with van der Waals surface area (Å²) in [6, 6.07) is 22.8. The van der Waals surface area contributed by atoms with E-state index in [1.807, 2.05) is 79.5 Å². The van der Waals surface area contributed by atoms with Crippen molar-refractivity contribution in [2.24, 2.45) is 0 Å². The molecule has 0 aromatic heterocycles. The van der Waals surface area contributed by atoms with Crippen LogP contribution in [0.3, 0.4) is 0 Å². The average Bonchev–Trinajstić information content (AvgIpc) is 2.70. The minimum atomic E-state index is -0.547. The van der Waals surface area contributed by atoms with E-state index in [2.05, 4.69) is 5.32 Å². The summed E-state index contributed by atoms with van der Waals surface area (Å²) in [6.45, 7) is 2.84. The van der Waals surface area contributed by atoms with E-state index in [1.165, 1.54) is 12.1 Å². The number of rotatable bonds is 8. The topological polar surface area (TPSA) is 41.6 Å². The maximum absolute atomic E-state index is 13.6. The molecule has 1 amide bonds. The number of carbonyl (C=O) groups excluding carboxylic acids is 1. The van der Waals surface area contributed by atoms with Gasteiger partial charge in [0.1, 0.15) is 17.6 Å². The zero-order valence-electron chi connectivity index (χ0n) is 16.6. The number of halogens is 1. The van der Waals surface area contributed by atoms with Gasteiger partial charge in [-0.25, -0.2) is 4.39 Å². The normalized spacial score (nSPS) is 11.9. The van der Waals surface area contributed by atoms with Crippen LogP contribution in [0.5, 0.6) is 5.75 Å². The van der Waals surface area contributed by atoms with Gasteiger partial charge in [0.2, 0.25) is 5.91 Å². The van der Waals surface area contributed by atoms with Gasteiger partial charge in [0.25, 0.3) is 0 Å². The number of para-hydroxylation sites is 2. The lowest BCUT2D eigenvalue weighted by atomic mass is 10.0. The summed E-state index contributed by atoms with van der Waals surface area (Å²) in [5.74, 6) is 0.160. The van der Waals surface area contributed by atoms with E-state index in [1.54, 1.807) is 6.07 Å². The monoisotopic (exact) mass is 392 g/mol. The largest absolute Gasteiger partial charge is 0.492 e. The van der Waals surface area contributed by atoms with Crippen molar-refractivity contribution in [1.82, 2.24) is 4.90 Å². The van der Waals surface area contributed by atoms with Gasteiger partial charge in [0.05, 0.1) is 12.3 Å². The quantitative estimate of drug-likeness (QED) is 0.584. The Kier molecular flexibility index (Phi) is 6.98. The van der Waals surface area contributed by atoms with Gasteiger partial charge in [-0.15, -0.1) is 0 Å². The Balaban J connectivity index is 1.86. The molecule has 0 aliphatic rings. The van der Waals surface area contributed by atoms with E-state index in [4.69, 9.17) is 4.74 Å². The van der Waals surface area contributed by atoms with E-state index >= 15 is 0 Å². The van der Waals surface area contributed by atoms with Gasteiger partial charge in [-0.3, -0.25) is 9.69 Å². The molecule has 5 heteroatoms. The molecule has 3 aromatic rings. The second kappa shape index (κ2) is 9.85. The summed E-state index contributed by atoms with van der Waals surface area (Å²) >= 11 is 0. The molecule has 3 aromatic carbocycles. The van der Waals surface area contributed by atoms with Gasteiger partial charge in [-0.05, 0) is 49.4 Å². The Morgan fingerprint density at radius 3 is 2.48 bits per heavy atom. The van der Waals surface area contributed by atoms with Crippen LogP contribution in [-0.4, -0.2) is 24.5 Å². The summed E-state index contributed by atoms with van der Waals surface area (Å²) in [4.78, 5) is 15.2. The minimum Gasteiger partial charge on any atom is -0.492 e. The van der Waals surface area contributed by atoms with Crippen LogP contribution in [-0.2, 0) is 11.3 Å². The van der Waals surface area contributed by atoms with Crippen molar-refractivity contribution in [3.63, 3.8) is 0 Å². The Morgan fingerprint density at radius 1 is 1.03 bits per heavy atom. The van der Waals surface area contributed by atoms with Gasteiger partial charge >= 0.3 is 0 Å². The lowest BCUT2D eigenvalue weighted by Crippen LogP contribution is -2.34. The van der Waals surface area contributed by atoms with Gasteiger partial charge in [-0.2, -0.15) is 0 Å². The van der Waals surface area contributed by atoms with Gasteiger partial charge in [0, 0.05) is 6.54 Å². The summed E-state index contributed by atoms with van der Waals surface area (Å²) in [6.07, 6.45) is 0. The Bertz CT molecular complexity index is 946. The second-order valence-corrected chi connectivity index (χ2v) is 6.78. The highest BCUT2D eigenvalue weighted by Crippen LogP contribution is 2.28. The Morgan fingerprint density at radius 2 is 1.76 bits per heavy atom. The fraction of sp³-hybridized carbons (Fsp3) is 0.208. The van der Waals surface area contributed by atoms with Crippen molar-refractivity contribution < 1.29 is 13.9 Å². The molecular formula is C24H25FN2O2. The van der Waals surface area contributed by atoms with E-state index in [0.29, 0.717) is 24.6 Å². The average molecular weight is 392 g/mol. The number of nitrogens with zero attached hydrogens (tertiary/aromatic N) is 1. The van der Waals surface area contributed by atoms with Gasteiger partial charge in [-0.1, -0.05) is 54.6 Å². The van der Waals surface area contributed by atoms with Crippen LogP contribution in [0.4, 0.5) is 10.1 Å². The number of anilines is 1. The molecule has 29 heavy (non-hydrogen) atoms. The van der Waals surface area contributed by atoms with Crippen LogP contribution in [0.25, 0.3) is 0 Å². The van der Waals surface area contributed by atoms with Gasteiger partial charge < -0.3 is 10.1 Å². The van der Waals surface area contributed by atoms with Crippen molar-refractivity contribution in [3.05, 3.63) is 95.8 Å². The van der Waals surface area contributed by atoms with Crippen LogP contribution < -0.4 is 10.1 Å². The smallest absolute Gasteiger partial charge is 0.246 e. The number of carbonyl (C=O) groups is 1. The standard InChI is InChI=1S/C24H25FN2O2/c1-3-29-22-15-8-7-14-21(22)26-24(28)23(19-11-5-4-6-12-19)27(2)17-18-10-9-13-20(25)16-18/h4-16,23H,3,17H2,1-2H3,(H,26,28). The third-order valence-corrected chi connectivity index (χ3v) is 4.57. The molecule has 0 bridgehead atoms. The predicted molar refractivity (Wildman–Crippen MR) is 113 cm³/mol. The number of hydrogen-bond acceptors (Lipinski definition) is 3. The van der Waals surface area contributed by atoms with Crippen LogP contribution in [0.1, 0.15) is 24.1 Å². The third-order valence-electron chi connectivity index (χ3n) is 4.57. The number of nitrogens with one attached hydrogen (secondary N) is 1. The molecule has 0 heterocycles. The first kappa shape index (κ1) is 20.6. The summed E-state index contributed by atoms with van der Waals surface area (Å²) in [5.41, 5.74) is 2.29. The predicted octanol–water partition coefficient (Wildman–Crippen LogP) is 5.04. The highest BCUT2D eigenvalue weighted by Gasteiger charge is 2.26. The Hall–Kier alpha value is -3.18. The number of benzene rings is 3. The molecule has 0 spiro atoms. The molecule has 1 unspecified atom stereocenters. The molecule has 0 fully saturated rings. The highest BCUT2D eigenvalue weighted by molar-refractivity contribution is 5.96. The van der Waals surface area contributed by atoms with Gasteiger partial charge in [0.15, 0.2) is 0 Å². The number of hydrogen-bond donors (Lipinski definition) is 1. The SMILES string of the molecule is CCOc1ccccc1NC(=O)C(c1ccccc1)N(C)Cc1cccc(F)c1. The molecule has 0 aliphatic heterocycles. The van der Waals surface area contributed by atoms with Crippen molar-refractivity contribution in [3.8, 4) is 5.75 Å². The lowest BCUT2D eigenvalue weighted by Gasteiger charge is -2.28. The van der Waals surface area contributed by atoms with Crippen molar-refractivity contribution in [2.45, 2.75) is 19.5 Å². The molecule has 0 saturated carbocycles. The number of ether oxygens (including phenoxy) is 1. The zero-order valence-corrected chi connectivity index (χ0v) is 16.6. The first-order valence-electron chi connectivity index (χ1n) is 9.60. The second-order valence-electron chi connectivity index (χ2n) is 6.78. The molecule has 150 valence electrons. The highest BCUT2D eigenvalue weighted by atomic mass is 19.1. The molecule has 1 atom stereocenters. The van der Waals surface area contributed by atoms with Crippen molar-refractivity contribution in [1.29, 1.82) is 0 Å². The number of likely N-dealkylation sites (N-methyl/N-ethyl adjacent to an activating group) is 1. The Labute approximate surface area is 170 Å². The van der Waals surface area contributed by atoms with E-state index < -0.39 is 6.04 Å². The molecule has 1 N–H and O–H groups in total. The first-order valence-corrected chi connectivity index (χ1v) is 9.60. The summed E-state index contributed by atoms with van der Waals surface area (Å²) < 4.78 is 19.2. The number of amides is 1. The lowest BCUT2D eigenvalue weighted by molar-refractivity contribution is -0.121. The zero-order chi connectivity index (χ0) is 20.6. The van der Waals surface area contributed by atoms with Crippen molar-refractivity contribution >= 4 is 11.6 Å². The minimum absolute atomic E-state index is 0.178. The fourth-order valence-corrected chi connectivity index (χ4v) is 3.31. The van der Waals surface area contributed by atoms with Crippen LogP contribution >= 0.6 is 0 Å². The molecule has 4 nitrogen and oxygen atoms in total. The van der Waals surface area contributed by atoms with Crippen LogP contribution in [0.2, 0.25) is 0 Å². The van der Waals surface area contributed by atoms with E-state index in [0.717, 1.165) is 11.1 Å². The van der Waals surface area contributed by atoms with E-state index in [-0.39, 0.29) is 11.7 Å². The fourth-order valence-electron chi connectivity index (χ4n) is 3.31. The maximum atomic E-state index is 13.6. The van der Waals surface area contributed by atoms with Crippen molar-refractivity contribution in [2.75, 3.05) is 19.0 Å². The summed E-state index contributed by atoms with van der Waals surface area (Å²) in [5, 5.41) is 2.99. The molecule has 3 rings (SSSR count). The van der Waals surface area contributed by atoms with Crippen LogP contribution in [0.15, 0.2) is 78.9 Å². The molecule has 0 radical (unpaired) electrons. The van der Waals surface area contributed by atoms with E-state index in [9.17, 15) is 9.18 Å². The van der Waals surface area contributed by atoms with Crippen LogP contribution in [0, 0.1) is 5.82 Å². The molecular weight excluding hydrogens is 367 g/mol. The first-order chi connectivity index (χ1) is 14.1. The summed E-state index contributed by atoms with van der Waals surface area (Å²) in [7, 11) is 1.86.